The van der Waals surface area contributed by atoms with Crippen molar-refractivity contribution < 1.29 is 0 Å². The highest BCUT2D eigenvalue weighted by atomic mass is 15.1. The van der Waals surface area contributed by atoms with Crippen LogP contribution in [0.4, 0.5) is 0 Å². The first-order chi connectivity index (χ1) is 5.78. The summed E-state index contributed by atoms with van der Waals surface area (Å²) in [5.41, 5.74) is 6.02. The summed E-state index contributed by atoms with van der Waals surface area (Å²) in [7, 11) is 2.18. The number of rotatable bonds is 4. The maximum absolute atomic E-state index is 5.65. The minimum absolute atomic E-state index is 0.372. The van der Waals surface area contributed by atoms with Crippen molar-refractivity contribution in [3.63, 3.8) is 0 Å². The van der Waals surface area contributed by atoms with Gasteiger partial charge in [-0.25, -0.2) is 0 Å². The van der Waals surface area contributed by atoms with Crippen molar-refractivity contribution in [2.24, 2.45) is 17.1 Å². The van der Waals surface area contributed by atoms with Gasteiger partial charge in [0.25, 0.3) is 0 Å². The van der Waals surface area contributed by atoms with Crippen LogP contribution in [-0.2, 0) is 0 Å². The van der Waals surface area contributed by atoms with Gasteiger partial charge in [0.2, 0.25) is 0 Å². The molecule has 0 aromatic heterocycles. The highest BCUT2D eigenvalue weighted by Gasteiger charge is 2.20. The molecule has 13 heavy (non-hydrogen) atoms. The molecule has 2 atom stereocenters. The molecule has 0 saturated carbocycles. The predicted octanol–water partition coefficient (Wildman–Crippen LogP) is 1.95. The molecule has 0 aliphatic heterocycles. The van der Waals surface area contributed by atoms with Gasteiger partial charge in [0.05, 0.1) is 0 Å². The van der Waals surface area contributed by atoms with Crippen molar-refractivity contribution in [3.8, 4) is 0 Å². The zero-order valence-electron chi connectivity index (χ0n) is 10.1. The van der Waals surface area contributed by atoms with E-state index < -0.39 is 0 Å². The van der Waals surface area contributed by atoms with Crippen LogP contribution in [0, 0.1) is 11.3 Å². The molecule has 0 aromatic carbocycles. The Morgan fingerprint density at radius 2 is 1.69 bits per heavy atom. The molecule has 0 saturated heterocycles. The van der Waals surface area contributed by atoms with Crippen molar-refractivity contribution in [1.29, 1.82) is 0 Å². The topological polar surface area (TPSA) is 29.3 Å². The molecule has 0 rings (SSSR count). The van der Waals surface area contributed by atoms with E-state index in [0.717, 1.165) is 13.1 Å². The van der Waals surface area contributed by atoms with E-state index in [1.165, 1.54) is 0 Å². The Morgan fingerprint density at radius 3 is 2.00 bits per heavy atom. The van der Waals surface area contributed by atoms with Gasteiger partial charge in [-0.15, -0.1) is 0 Å². The summed E-state index contributed by atoms with van der Waals surface area (Å²) in [5.74, 6) is 0.576. The molecule has 0 aliphatic carbocycles. The lowest BCUT2D eigenvalue weighted by atomic mass is 9.94. The average Bonchev–Trinajstić information content (AvgIpc) is 1.98. The lowest BCUT2D eigenvalue weighted by Crippen LogP contribution is -2.41. The first-order valence-corrected chi connectivity index (χ1v) is 5.18. The summed E-state index contributed by atoms with van der Waals surface area (Å²) < 4.78 is 0. The number of nitrogens with zero attached hydrogens (tertiary/aromatic N) is 1. The summed E-state index contributed by atoms with van der Waals surface area (Å²) in [5, 5.41) is 0. The number of hydrogen-bond donors (Lipinski definition) is 1. The van der Waals surface area contributed by atoms with Crippen LogP contribution in [-0.4, -0.2) is 31.1 Å². The van der Waals surface area contributed by atoms with E-state index in [0.29, 0.717) is 17.4 Å². The van der Waals surface area contributed by atoms with Crippen LogP contribution in [0.1, 0.15) is 34.6 Å². The fraction of sp³-hybridized carbons (Fsp3) is 1.00. The van der Waals surface area contributed by atoms with Crippen molar-refractivity contribution >= 4 is 0 Å². The second-order valence-corrected chi connectivity index (χ2v) is 5.43. The fourth-order valence-electron chi connectivity index (χ4n) is 1.52. The second-order valence-electron chi connectivity index (χ2n) is 5.43. The second kappa shape index (κ2) is 4.97. The molecular weight excluding hydrogens is 160 g/mol. The van der Waals surface area contributed by atoms with Crippen LogP contribution in [0.25, 0.3) is 0 Å². The Morgan fingerprint density at radius 1 is 1.23 bits per heavy atom. The normalized spacial score (nSPS) is 17.5. The standard InChI is InChI=1S/C11H26N2/c1-9(7-12)10(2)13(6)8-11(3,4)5/h9-10H,7-8,12H2,1-6H3. The smallest absolute Gasteiger partial charge is 0.0102 e. The molecule has 2 heteroatoms. The molecule has 0 spiro atoms. The molecule has 0 fully saturated rings. The monoisotopic (exact) mass is 186 g/mol. The third-order valence-corrected chi connectivity index (χ3v) is 2.61. The van der Waals surface area contributed by atoms with E-state index in [4.69, 9.17) is 5.73 Å². The molecule has 2 N–H and O–H groups in total. The van der Waals surface area contributed by atoms with Gasteiger partial charge in [0, 0.05) is 12.6 Å². The molecule has 0 heterocycles. The SMILES string of the molecule is CC(CN)C(C)N(C)CC(C)(C)C. The zero-order valence-corrected chi connectivity index (χ0v) is 10.1. The minimum Gasteiger partial charge on any atom is -0.330 e. The summed E-state index contributed by atoms with van der Waals surface area (Å²) in [6.07, 6.45) is 0. The Labute approximate surface area is 83.5 Å². The molecule has 0 aromatic rings. The average molecular weight is 186 g/mol. The van der Waals surface area contributed by atoms with E-state index in [9.17, 15) is 0 Å². The molecule has 0 bridgehead atoms. The van der Waals surface area contributed by atoms with Crippen LogP contribution >= 0.6 is 0 Å². The molecule has 2 unspecified atom stereocenters. The summed E-state index contributed by atoms with van der Waals surface area (Å²) in [4.78, 5) is 2.40. The van der Waals surface area contributed by atoms with Crippen LogP contribution in [0.2, 0.25) is 0 Å². The van der Waals surface area contributed by atoms with Gasteiger partial charge in [0.1, 0.15) is 0 Å². The number of hydrogen-bond acceptors (Lipinski definition) is 2. The Hall–Kier alpha value is -0.0800. The largest absolute Gasteiger partial charge is 0.330 e. The van der Waals surface area contributed by atoms with E-state index in [1.54, 1.807) is 0 Å². The molecule has 80 valence electrons. The highest BCUT2D eigenvalue weighted by molar-refractivity contribution is 4.75. The first kappa shape index (κ1) is 12.9. The highest BCUT2D eigenvalue weighted by Crippen LogP contribution is 2.17. The van der Waals surface area contributed by atoms with Gasteiger partial charge >= 0.3 is 0 Å². The lowest BCUT2D eigenvalue weighted by Gasteiger charge is -2.34. The summed E-state index contributed by atoms with van der Waals surface area (Å²) in [6, 6.07) is 0.573. The van der Waals surface area contributed by atoms with Gasteiger partial charge in [-0.3, -0.25) is 0 Å². The van der Waals surface area contributed by atoms with Crippen molar-refractivity contribution in [2.45, 2.75) is 40.7 Å². The number of nitrogens with two attached hydrogens (primary N) is 1. The molecule has 0 aliphatic rings. The van der Waals surface area contributed by atoms with Gasteiger partial charge in [-0.2, -0.15) is 0 Å². The van der Waals surface area contributed by atoms with Crippen molar-refractivity contribution in [1.82, 2.24) is 4.90 Å². The molecular formula is C11H26N2. The van der Waals surface area contributed by atoms with Gasteiger partial charge in [-0.1, -0.05) is 27.7 Å². The minimum atomic E-state index is 0.372. The van der Waals surface area contributed by atoms with Crippen molar-refractivity contribution in [2.75, 3.05) is 20.1 Å². The lowest BCUT2D eigenvalue weighted by molar-refractivity contribution is 0.147. The first-order valence-electron chi connectivity index (χ1n) is 5.18. The van der Waals surface area contributed by atoms with Crippen LogP contribution in [0.15, 0.2) is 0 Å². The van der Waals surface area contributed by atoms with Crippen LogP contribution in [0.5, 0.6) is 0 Å². The quantitative estimate of drug-likeness (QED) is 0.727. The van der Waals surface area contributed by atoms with Gasteiger partial charge in [-0.05, 0) is 31.8 Å². The van der Waals surface area contributed by atoms with Crippen LogP contribution < -0.4 is 5.73 Å². The molecule has 0 amide bonds. The van der Waals surface area contributed by atoms with E-state index >= 15 is 0 Å². The fourth-order valence-corrected chi connectivity index (χ4v) is 1.52. The Bertz CT molecular complexity index is 138. The van der Waals surface area contributed by atoms with E-state index in [-0.39, 0.29) is 0 Å². The van der Waals surface area contributed by atoms with Crippen LogP contribution in [0.3, 0.4) is 0 Å². The predicted molar refractivity (Wildman–Crippen MR) is 59.8 cm³/mol. The third kappa shape index (κ3) is 5.27. The Kier molecular flexibility index (Phi) is 4.93. The van der Waals surface area contributed by atoms with Gasteiger partial charge in [0.15, 0.2) is 0 Å². The maximum atomic E-state index is 5.65. The molecule has 2 nitrogen and oxygen atoms in total. The zero-order chi connectivity index (χ0) is 10.6. The van der Waals surface area contributed by atoms with Crippen molar-refractivity contribution in [3.05, 3.63) is 0 Å². The summed E-state index contributed by atoms with van der Waals surface area (Å²) in [6.45, 7) is 13.2. The third-order valence-electron chi connectivity index (χ3n) is 2.61. The van der Waals surface area contributed by atoms with E-state index in [2.05, 4.69) is 46.6 Å². The van der Waals surface area contributed by atoms with Gasteiger partial charge < -0.3 is 10.6 Å². The van der Waals surface area contributed by atoms with E-state index in [1.807, 2.05) is 0 Å². The Balaban J connectivity index is 4.03. The summed E-state index contributed by atoms with van der Waals surface area (Å²) >= 11 is 0. The maximum Gasteiger partial charge on any atom is 0.0102 e. The molecule has 0 radical (unpaired) electrons.